The summed E-state index contributed by atoms with van der Waals surface area (Å²) in [6, 6.07) is 17.4. The summed E-state index contributed by atoms with van der Waals surface area (Å²) in [5, 5.41) is 3.88. The van der Waals surface area contributed by atoms with Gasteiger partial charge in [-0.05, 0) is 68.3 Å². The molecule has 0 aliphatic carbocycles. The van der Waals surface area contributed by atoms with Crippen molar-refractivity contribution < 1.29 is 13.7 Å². The molecule has 1 saturated heterocycles. The highest BCUT2D eigenvalue weighted by Crippen LogP contribution is 2.30. The first-order chi connectivity index (χ1) is 20.4. The van der Waals surface area contributed by atoms with Crippen molar-refractivity contribution in [2.24, 2.45) is 0 Å². The molecule has 10 heteroatoms. The number of nitrogens with zero attached hydrogens (tertiary/aromatic N) is 5. The van der Waals surface area contributed by atoms with Crippen molar-refractivity contribution in [2.45, 2.75) is 39.0 Å². The second-order valence-corrected chi connectivity index (χ2v) is 12.2. The Morgan fingerprint density at radius 2 is 1.90 bits per heavy atom. The molecule has 1 aromatic carbocycles. The first-order valence-electron chi connectivity index (χ1n) is 14.2. The van der Waals surface area contributed by atoms with E-state index >= 15 is 0 Å². The monoisotopic (exact) mass is 582 g/mol. The molecular weight excluding hydrogens is 548 g/mol. The SMILES string of the molecule is C=CCS(=O)N1CCc2ccc(C(=O)NCc3cc4nc(-c5cccc(N6CC(C)O[C@H](C)C6)n5)ccc4cn3)cc21. The summed E-state index contributed by atoms with van der Waals surface area (Å²) in [5.41, 5.74) is 5.52. The minimum atomic E-state index is -1.19. The molecule has 216 valence electrons. The molecule has 9 nitrogen and oxygen atoms in total. The van der Waals surface area contributed by atoms with Gasteiger partial charge in [-0.25, -0.2) is 14.2 Å². The van der Waals surface area contributed by atoms with Gasteiger partial charge in [0.05, 0.1) is 52.8 Å². The van der Waals surface area contributed by atoms with Gasteiger partial charge in [0.2, 0.25) is 0 Å². The Balaban J connectivity index is 1.17. The molecule has 0 saturated carbocycles. The van der Waals surface area contributed by atoms with Crippen molar-refractivity contribution in [1.82, 2.24) is 20.3 Å². The number of anilines is 2. The molecule has 42 heavy (non-hydrogen) atoms. The number of carbonyl (C=O) groups excluding carboxylic acids is 1. The summed E-state index contributed by atoms with van der Waals surface area (Å²) in [6.07, 6.45) is 4.53. The molecule has 1 fully saturated rings. The number of hydrogen-bond acceptors (Lipinski definition) is 7. The summed E-state index contributed by atoms with van der Waals surface area (Å²) >= 11 is 0. The highest BCUT2D eigenvalue weighted by Gasteiger charge is 2.25. The van der Waals surface area contributed by atoms with Gasteiger partial charge in [-0.3, -0.25) is 14.1 Å². The number of rotatable bonds is 8. The van der Waals surface area contributed by atoms with Crippen molar-refractivity contribution in [1.29, 1.82) is 0 Å². The van der Waals surface area contributed by atoms with Crippen LogP contribution in [0, 0.1) is 0 Å². The van der Waals surface area contributed by atoms with Gasteiger partial charge in [-0.15, -0.1) is 6.58 Å². The van der Waals surface area contributed by atoms with Crippen LogP contribution in [0.3, 0.4) is 0 Å². The first-order valence-corrected chi connectivity index (χ1v) is 15.5. The van der Waals surface area contributed by atoms with Crippen LogP contribution in [0.15, 0.2) is 73.4 Å². The Hall–Kier alpha value is -4.15. The van der Waals surface area contributed by atoms with Crippen LogP contribution in [0.5, 0.6) is 0 Å². The first kappa shape index (κ1) is 28.0. The van der Waals surface area contributed by atoms with E-state index in [2.05, 4.69) is 35.6 Å². The zero-order chi connectivity index (χ0) is 29.2. The molecule has 5 heterocycles. The van der Waals surface area contributed by atoms with Gasteiger partial charge in [0.15, 0.2) is 0 Å². The van der Waals surface area contributed by atoms with E-state index in [4.69, 9.17) is 14.7 Å². The number of hydrogen-bond donors (Lipinski definition) is 1. The standard InChI is InChI=1S/C32H34N6O3S/c1-4-14-42(40)38-13-12-23-8-9-24(15-30(23)38)32(39)34-18-26-16-29-25(17-33-26)10-11-28(35-29)27-6-5-7-31(36-27)37-19-21(2)41-22(3)20-37/h4-11,15-17,21-22H,1,12-14,18-20H2,2-3H3,(H,34,39)/t21-,22?,42?/m1/s1. The van der Waals surface area contributed by atoms with Crippen molar-refractivity contribution in [3.05, 3.63) is 90.3 Å². The van der Waals surface area contributed by atoms with Crippen LogP contribution in [-0.2, 0) is 28.7 Å². The van der Waals surface area contributed by atoms with E-state index in [1.54, 1.807) is 12.3 Å². The summed E-state index contributed by atoms with van der Waals surface area (Å²) in [7, 11) is -1.19. The third kappa shape index (κ3) is 5.91. The van der Waals surface area contributed by atoms with Crippen molar-refractivity contribution in [3.63, 3.8) is 0 Å². The smallest absolute Gasteiger partial charge is 0.251 e. The van der Waals surface area contributed by atoms with E-state index in [0.29, 0.717) is 23.6 Å². The molecule has 6 rings (SSSR count). The normalized spacial score (nSPS) is 19.0. The van der Waals surface area contributed by atoms with Crippen LogP contribution < -0.4 is 14.5 Å². The van der Waals surface area contributed by atoms with Gasteiger partial charge in [0.25, 0.3) is 5.91 Å². The summed E-state index contributed by atoms with van der Waals surface area (Å²) in [4.78, 5) is 29.6. The largest absolute Gasteiger partial charge is 0.372 e. The highest BCUT2D eigenvalue weighted by molar-refractivity contribution is 7.86. The maximum Gasteiger partial charge on any atom is 0.251 e. The highest BCUT2D eigenvalue weighted by atomic mass is 32.2. The van der Waals surface area contributed by atoms with E-state index < -0.39 is 11.0 Å². The average Bonchev–Trinajstić information content (AvgIpc) is 3.43. The van der Waals surface area contributed by atoms with Crippen LogP contribution in [0.25, 0.3) is 22.3 Å². The van der Waals surface area contributed by atoms with E-state index in [-0.39, 0.29) is 24.7 Å². The van der Waals surface area contributed by atoms with Crippen molar-refractivity contribution >= 4 is 39.3 Å². The number of aromatic nitrogens is 3. The van der Waals surface area contributed by atoms with E-state index in [9.17, 15) is 9.00 Å². The lowest BCUT2D eigenvalue weighted by molar-refractivity contribution is -0.00545. The minimum Gasteiger partial charge on any atom is -0.372 e. The Kier molecular flexibility index (Phi) is 7.99. The fourth-order valence-electron chi connectivity index (χ4n) is 5.57. The molecule has 2 aliphatic heterocycles. The Morgan fingerprint density at radius 3 is 2.71 bits per heavy atom. The van der Waals surface area contributed by atoms with Gasteiger partial charge < -0.3 is 15.0 Å². The van der Waals surface area contributed by atoms with E-state index in [1.165, 1.54) is 0 Å². The number of fused-ring (bicyclic) bond motifs is 2. The lowest BCUT2D eigenvalue weighted by atomic mass is 10.1. The molecule has 1 amide bonds. The molecule has 1 N–H and O–H groups in total. The quantitative estimate of drug-likeness (QED) is 0.307. The molecule has 2 aliphatic rings. The van der Waals surface area contributed by atoms with E-state index in [0.717, 1.165) is 58.9 Å². The Labute approximate surface area is 248 Å². The molecular formula is C32H34N6O3S. The average molecular weight is 583 g/mol. The fraction of sp³-hybridized carbons (Fsp3) is 0.312. The molecule has 0 radical (unpaired) electrons. The van der Waals surface area contributed by atoms with Crippen LogP contribution in [0.4, 0.5) is 11.5 Å². The predicted molar refractivity (Wildman–Crippen MR) is 167 cm³/mol. The number of nitrogens with one attached hydrogen (secondary N) is 1. The van der Waals surface area contributed by atoms with Gasteiger partial charge in [0.1, 0.15) is 16.8 Å². The third-order valence-corrected chi connectivity index (χ3v) is 8.90. The molecule has 3 aromatic heterocycles. The van der Waals surface area contributed by atoms with E-state index in [1.807, 2.05) is 58.9 Å². The molecule has 0 bridgehead atoms. The van der Waals surface area contributed by atoms with Crippen LogP contribution in [0.1, 0.15) is 35.5 Å². The number of carbonyl (C=O) groups is 1. The Bertz CT molecular complexity index is 1670. The lowest BCUT2D eigenvalue weighted by Crippen LogP contribution is -2.45. The summed E-state index contributed by atoms with van der Waals surface area (Å²) < 4.78 is 20.3. The van der Waals surface area contributed by atoms with Crippen LogP contribution in [0.2, 0.25) is 0 Å². The maximum atomic E-state index is 13.0. The minimum absolute atomic E-state index is 0.148. The number of pyridine rings is 3. The number of amides is 1. The summed E-state index contributed by atoms with van der Waals surface area (Å²) in [5.74, 6) is 1.08. The number of ether oxygens (including phenoxy) is 1. The van der Waals surface area contributed by atoms with Gasteiger partial charge in [0, 0.05) is 36.8 Å². The van der Waals surface area contributed by atoms with Crippen LogP contribution >= 0.6 is 0 Å². The molecule has 4 aromatic rings. The topological polar surface area (TPSA) is 101 Å². The van der Waals surface area contributed by atoms with Crippen molar-refractivity contribution in [2.75, 3.05) is 34.6 Å². The second kappa shape index (κ2) is 12.0. The fourth-order valence-corrected chi connectivity index (χ4v) is 6.64. The summed E-state index contributed by atoms with van der Waals surface area (Å²) in [6.45, 7) is 10.4. The molecule has 3 atom stereocenters. The maximum absolute atomic E-state index is 13.0. The number of benzene rings is 1. The van der Waals surface area contributed by atoms with Crippen molar-refractivity contribution in [3.8, 4) is 11.4 Å². The molecule has 2 unspecified atom stereocenters. The zero-order valence-electron chi connectivity index (χ0n) is 23.8. The van der Waals surface area contributed by atoms with Gasteiger partial charge in [-0.2, -0.15) is 0 Å². The Morgan fingerprint density at radius 1 is 1.10 bits per heavy atom. The molecule has 0 spiro atoms. The lowest BCUT2D eigenvalue weighted by Gasteiger charge is -2.36. The zero-order valence-corrected chi connectivity index (χ0v) is 24.6. The van der Waals surface area contributed by atoms with Gasteiger partial charge in [-0.1, -0.05) is 18.2 Å². The van der Waals surface area contributed by atoms with Gasteiger partial charge >= 0.3 is 0 Å². The predicted octanol–water partition coefficient (Wildman–Crippen LogP) is 4.45. The second-order valence-electron chi connectivity index (χ2n) is 10.8. The third-order valence-electron chi connectivity index (χ3n) is 7.51. The van der Waals surface area contributed by atoms with Crippen LogP contribution in [-0.4, -0.2) is 62.7 Å². The number of morpholine rings is 1.